The zero-order chi connectivity index (χ0) is 17.6. The number of amides is 1. The summed E-state index contributed by atoms with van der Waals surface area (Å²) in [4.78, 5) is 18.7. The standard InChI is InChI=1S/C20H24FN3O/c1-15(20(25)23-13-18-4-2-3-5-19(18)21)24-11-8-17(14-24)12-16-6-9-22-10-7-16/h2-7,9-10,15,17H,8,11-14H2,1H3,(H,23,25)/t15-,17+/m0/s1. The minimum Gasteiger partial charge on any atom is -0.351 e. The molecular weight excluding hydrogens is 317 g/mol. The van der Waals surface area contributed by atoms with Gasteiger partial charge in [-0.2, -0.15) is 0 Å². The molecule has 0 bridgehead atoms. The number of carbonyl (C=O) groups excluding carboxylic acids is 1. The summed E-state index contributed by atoms with van der Waals surface area (Å²) in [6.45, 7) is 3.98. The molecule has 1 aliphatic rings. The highest BCUT2D eigenvalue weighted by atomic mass is 19.1. The first kappa shape index (κ1) is 17.5. The van der Waals surface area contributed by atoms with Crippen molar-refractivity contribution in [1.29, 1.82) is 0 Å². The lowest BCUT2D eigenvalue weighted by molar-refractivity contribution is -0.125. The molecule has 0 saturated carbocycles. The number of carbonyl (C=O) groups is 1. The van der Waals surface area contributed by atoms with Gasteiger partial charge in [-0.15, -0.1) is 0 Å². The Balaban J connectivity index is 1.48. The van der Waals surface area contributed by atoms with Crippen LogP contribution >= 0.6 is 0 Å². The van der Waals surface area contributed by atoms with Crippen LogP contribution < -0.4 is 5.32 Å². The number of rotatable bonds is 6. The van der Waals surface area contributed by atoms with Crippen molar-refractivity contribution in [1.82, 2.24) is 15.2 Å². The number of hydrogen-bond donors (Lipinski definition) is 1. The predicted molar refractivity (Wildman–Crippen MR) is 95.3 cm³/mol. The van der Waals surface area contributed by atoms with E-state index in [1.807, 2.05) is 31.5 Å². The number of halogens is 1. The van der Waals surface area contributed by atoms with Gasteiger partial charge in [0.25, 0.3) is 0 Å². The van der Waals surface area contributed by atoms with Crippen LogP contribution in [0.15, 0.2) is 48.8 Å². The third kappa shape index (κ3) is 4.63. The molecule has 0 aliphatic carbocycles. The molecule has 3 rings (SSSR count). The molecule has 2 atom stereocenters. The highest BCUT2D eigenvalue weighted by molar-refractivity contribution is 5.81. The minimum atomic E-state index is -0.283. The number of benzene rings is 1. The maximum atomic E-state index is 13.6. The topological polar surface area (TPSA) is 45.2 Å². The Morgan fingerprint density at radius 2 is 2.08 bits per heavy atom. The summed E-state index contributed by atoms with van der Waals surface area (Å²) in [6.07, 6.45) is 5.75. The molecule has 1 N–H and O–H groups in total. The molecule has 0 unspecified atom stereocenters. The van der Waals surface area contributed by atoms with Crippen LogP contribution in [0, 0.1) is 11.7 Å². The van der Waals surface area contributed by atoms with Gasteiger partial charge < -0.3 is 5.32 Å². The Bertz CT molecular complexity index is 707. The molecule has 132 valence electrons. The van der Waals surface area contributed by atoms with Gasteiger partial charge in [0.15, 0.2) is 0 Å². The number of hydrogen-bond acceptors (Lipinski definition) is 3. The molecule has 1 aromatic heterocycles. The highest BCUT2D eigenvalue weighted by Gasteiger charge is 2.29. The molecular formula is C20H24FN3O. The van der Waals surface area contributed by atoms with Crippen LogP contribution in [0.4, 0.5) is 4.39 Å². The van der Waals surface area contributed by atoms with E-state index in [1.165, 1.54) is 11.6 Å². The van der Waals surface area contributed by atoms with Gasteiger partial charge in [-0.3, -0.25) is 14.7 Å². The first-order chi connectivity index (χ1) is 12.1. The summed E-state index contributed by atoms with van der Waals surface area (Å²) in [7, 11) is 0. The SMILES string of the molecule is C[C@@H](C(=O)NCc1ccccc1F)N1CC[C@H](Cc2ccncc2)C1. The number of pyridine rings is 1. The molecule has 25 heavy (non-hydrogen) atoms. The third-order valence-electron chi connectivity index (χ3n) is 4.93. The summed E-state index contributed by atoms with van der Waals surface area (Å²) in [6, 6.07) is 10.4. The summed E-state index contributed by atoms with van der Waals surface area (Å²) >= 11 is 0. The molecule has 2 aromatic rings. The van der Waals surface area contributed by atoms with E-state index in [2.05, 4.69) is 15.2 Å². The van der Waals surface area contributed by atoms with Crippen molar-refractivity contribution in [2.75, 3.05) is 13.1 Å². The zero-order valence-corrected chi connectivity index (χ0v) is 14.5. The Labute approximate surface area is 148 Å². The minimum absolute atomic E-state index is 0.0483. The van der Waals surface area contributed by atoms with Crippen LogP contribution in [0.25, 0.3) is 0 Å². The summed E-state index contributed by atoms with van der Waals surface area (Å²) in [5, 5.41) is 2.85. The molecule has 1 fully saturated rings. The predicted octanol–water partition coefficient (Wildman–Crippen LogP) is 2.79. The van der Waals surface area contributed by atoms with Crippen molar-refractivity contribution >= 4 is 5.91 Å². The van der Waals surface area contributed by atoms with Crippen molar-refractivity contribution < 1.29 is 9.18 Å². The van der Waals surface area contributed by atoms with E-state index in [-0.39, 0.29) is 24.3 Å². The monoisotopic (exact) mass is 341 g/mol. The Hall–Kier alpha value is -2.27. The fourth-order valence-corrected chi connectivity index (χ4v) is 3.37. The second kappa shape index (κ2) is 8.21. The normalized spacial score (nSPS) is 18.9. The number of aromatic nitrogens is 1. The second-order valence-electron chi connectivity index (χ2n) is 6.69. The van der Waals surface area contributed by atoms with Gasteiger partial charge in [-0.05, 0) is 56.0 Å². The van der Waals surface area contributed by atoms with Gasteiger partial charge >= 0.3 is 0 Å². The molecule has 1 amide bonds. The van der Waals surface area contributed by atoms with E-state index in [1.54, 1.807) is 18.2 Å². The van der Waals surface area contributed by atoms with E-state index in [9.17, 15) is 9.18 Å². The van der Waals surface area contributed by atoms with Gasteiger partial charge in [-0.25, -0.2) is 4.39 Å². The van der Waals surface area contributed by atoms with Crippen LogP contribution in [0.2, 0.25) is 0 Å². The van der Waals surface area contributed by atoms with Gasteiger partial charge in [-0.1, -0.05) is 18.2 Å². The quantitative estimate of drug-likeness (QED) is 0.879. The lowest BCUT2D eigenvalue weighted by Gasteiger charge is -2.23. The van der Waals surface area contributed by atoms with Crippen molar-refractivity contribution in [3.8, 4) is 0 Å². The van der Waals surface area contributed by atoms with E-state index in [0.29, 0.717) is 11.5 Å². The average molecular weight is 341 g/mol. The molecule has 1 saturated heterocycles. The van der Waals surface area contributed by atoms with E-state index in [0.717, 1.165) is 25.9 Å². The fourth-order valence-electron chi connectivity index (χ4n) is 3.37. The van der Waals surface area contributed by atoms with Crippen molar-refractivity contribution in [3.63, 3.8) is 0 Å². The Kier molecular flexibility index (Phi) is 5.76. The van der Waals surface area contributed by atoms with E-state index >= 15 is 0 Å². The van der Waals surface area contributed by atoms with Crippen LogP contribution in [-0.4, -0.2) is 34.9 Å². The molecule has 2 heterocycles. The van der Waals surface area contributed by atoms with Gasteiger partial charge in [0, 0.05) is 31.0 Å². The van der Waals surface area contributed by atoms with Crippen molar-refractivity contribution in [3.05, 3.63) is 65.7 Å². The molecule has 5 heteroatoms. The maximum absolute atomic E-state index is 13.6. The molecule has 0 radical (unpaired) electrons. The Morgan fingerprint density at radius 1 is 1.32 bits per heavy atom. The lowest BCUT2D eigenvalue weighted by atomic mass is 10.00. The first-order valence-electron chi connectivity index (χ1n) is 8.77. The van der Waals surface area contributed by atoms with E-state index < -0.39 is 0 Å². The zero-order valence-electron chi connectivity index (χ0n) is 14.5. The maximum Gasteiger partial charge on any atom is 0.237 e. The molecule has 0 spiro atoms. The lowest BCUT2D eigenvalue weighted by Crippen LogP contribution is -2.44. The van der Waals surface area contributed by atoms with E-state index in [4.69, 9.17) is 0 Å². The number of nitrogens with one attached hydrogen (secondary N) is 1. The van der Waals surface area contributed by atoms with Crippen LogP contribution in [-0.2, 0) is 17.8 Å². The summed E-state index contributed by atoms with van der Waals surface area (Å²) in [5.74, 6) is 0.228. The van der Waals surface area contributed by atoms with Gasteiger partial charge in [0.1, 0.15) is 5.82 Å². The van der Waals surface area contributed by atoms with Gasteiger partial charge in [0.05, 0.1) is 6.04 Å². The third-order valence-corrected chi connectivity index (χ3v) is 4.93. The number of nitrogens with zero attached hydrogens (tertiary/aromatic N) is 2. The van der Waals surface area contributed by atoms with Crippen molar-refractivity contribution in [2.24, 2.45) is 5.92 Å². The average Bonchev–Trinajstić information content (AvgIpc) is 3.09. The second-order valence-corrected chi connectivity index (χ2v) is 6.69. The molecule has 4 nitrogen and oxygen atoms in total. The van der Waals surface area contributed by atoms with Crippen LogP contribution in [0.3, 0.4) is 0 Å². The molecule has 1 aromatic carbocycles. The van der Waals surface area contributed by atoms with Crippen LogP contribution in [0.5, 0.6) is 0 Å². The highest BCUT2D eigenvalue weighted by Crippen LogP contribution is 2.22. The first-order valence-corrected chi connectivity index (χ1v) is 8.77. The molecule has 1 aliphatic heterocycles. The van der Waals surface area contributed by atoms with Crippen LogP contribution in [0.1, 0.15) is 24.5 Å². The Morgan fingerprint density at radius 3 is 2.84 bits per heavy atom. The summed E-state index contributed by atoms with van der Waals surface area (Å²) < 4.78 is 13.6. The summed E-state index contributed by atoms with van der Waals surface area (Å²) in [5.41, 5.74) is 1.80. The van der Waals surface area contributed by atoms with Crippen molar-refractivity contribution in [2.45, 2.75) is 32.4 Å². The fraction of sp³-hybridized carbons (Fsp3) is 0.400. The number of likely N-dealkylation sites (tertiary alicyclic amines) is 1. The smallest absolute Gasteiger partial charge is 0.237 e. The van der Waals surface area contributed by atoms with Gasteiger partial charge in [0.2, 0.25) is 5.91 Å². The largest absolute Gasteiger partial charge is 0.351 e.